The molecule has 0 atom stereocenters. The molecule has 1 N–H and O–H groups in total. The number of likely N-dealkylation sites (N-methyl/N-ethyl adjacent to an activating group) is 1. The zero-order valence-corrected chi connectivity index (χ0v) is 22.7. The van der Waals surface area contributed by atoms with E-state index < -0.39 is 24.3 Å². The number of piperazine rings is 1. The molecule has 2 aromatic carbocycles. The van der Waals surface area contributed by atoms with Gasteiger partial charge in [0.1, 0.15) is 23.7 Å². The van der Waals surface area contributed by atoms with Gasteiger partial charge in [-0.15, -0.1) is 0 Å². The van der Waals surface area contributed by atoms with Crippen molar-refractivity contribution in [3.05, 3.63) is 100.0 Å². The predicted octanol–water partition coefficient (Wildman–Crippen LogP) is 5.53. The molecule has 1 aliphatic heterocycles. The van der Waals surface area contributed by atoms with E-state index in [0.29, 0.717) is 30.0 Å². The number of anilines is 1. The molecule has 5 rings (SSSR count). The molecule has 3 heterocycles. The number of rotatable bonds is 5. The number of amides is 1. The Kier molecular flexibility index (Phi) is 8.10. The van der Waals surface area contributed by atoms with E-state index in [9.17, 15) is 22.4 Å². The maximum absolute atomic E-state index is 14.0. The molecule has 0 unspecified atom stereocenters. The summed E-state index contributed by atoms with van der Waals surface area (Å²) in [5.41, 5.74) is 2.22. The number of nitrogens with zero attached hydrogens (tertiary/aromatic N) is 4. The highest BCUT2D eigenvalue weighted by Gasteiger charge is 2.34. The molecular weight excluding hydrogens is 534 g/mol. The lowest BCUT2D eigenvalue weighted by Crippen LogP contribution is -2.44. The molecule has 1 saturated heterocycles. The molecule has 41 heavy (non-hydrogen) atoms. The van der Waals surface area contributed by atoms with E-state index in [1.165, 1.54) is 12.1 Å². The Morgan fingerprint density at radius 3 is 2.54 bits per heavy atom. The third-order valence-electron chi connectivity index (χ3n) is 7.21. The van der Waals surface area contributed by atoms with Crippen LogP contribution < -0.4 is 5.32 Å². The molecule has 1 fully saturated rings. The highest BCUT2D eigenvalue weighted by molar-refractivity contribution is 6.04. The topological polar surface area (TPSA) is 52.9 Å². The molecule has 0 bridgehead atoms. The number of halogens is 4. The lowest BCUT2D eigenvalue weighted by atomic mass is 10.0. The number of hydrogen-bond donors (Lipinski definition) is 1. The van der Waals surface area contributed by atoms with Crippen molar-refractivity contribution in [3.8, 4) is 11.8 Å². The monoisotopic (exact) mass is 563 g/mol. The number of aromatic nitrogens is 2. The molecule has 0 spiro atoms. The number of fused-ring (bicyclic) bond motifs is 1. The third-order valence-corrected chi connectivity index (χ3v) is 7.21. The zero-order chi connectivity index (χ0) is 29.1. The van der Waals surface area contributed by atoms with Gasteiger partial charge >= 0.3 is 6.18 Å². The number of carbonyl (C=O) groups is 1. The Hall–Kier alpha value is -4.20. The largest absolute Gasteiger partial charge is 0.416 e. The van der Waals surface area contributed by atoms with E-state index in [4.69, 9.17) is 0 Å². The van der Waals surface area contributed by atoms with Crippen LogP contribution >= 0.6 is 0 Å². The van der Waals surface area contributed by atoms with Gasteiger partial charge in [-0.2, -0.15) is 13.2 Å². The molecule has 212 valence electrons. The van der Waals surface area contributed by atoms with Gasteiger partial charge < -0.3 is 10.2 Å². The van der Waals surface area contributed by atoms with Gasteiger partial charge in [0.2, 0.25) is 0 Å². The fraction of sp³-hybridized carbons (Fsp3) is 0.290. The van der Waals surface area contributed by atoms with Crippen molar-refractivity contribution in [2.45, 2.75) is 26.3 Å². The SMILES string of the molecule is Cc1ccc(C(=O)Nc2ccc(CN3CCN(C)CC3)c(C(F)(F)F)c2)cc1C#Cc1c(CF)nc2ccccn12. The van der Waals surface area contributed by atoms with E-state index >= 15 is 0 Å². The van der Waals surface area contributed by atoms with Crippen LogP contribution in [0.15, 0.2) is 60.8 Å². The molecule has 0 radical (unpaired) electrons. The van der Waals surface area contributed by atoms with Gasteiger partial charge in [0.05, 0.1) is 5.56 Å². The van der Waals surface area contributed by atoms with Crippen molar-refractivity contribution in [1.82, 2.24) is 19.2 Å². The summed E-state index contributed by atoms with van der Waals surface area (Å²) < 4.78 is 57.2. The first kappa shape index (κ1) is 28.3. The number of carbonyl (C=O) groups excluding carboxylic acids is 1. The average Bonchev–Trinajstić information content (AvgIpc) is 3.31. The van der Waals surface area contributed by atoms with Crippen LogP contribution in [-0.2, 0) is 19.4 Å². The van der Waals surface area contributed by atoms with Gasteiger partial charge in [0.15, 0.2) is 0 Å². The number of hydrogen-bond acceptors (Lipinski definition) is 4. The summed E-state index contributed by atoms with van der Waals surface area (Å²) in [5.74, 6) is 5.42. The summed E-state index contributed by atoms with van der Waals surface area (Å²) >= 11 is 0. The van der Waals surface area contributed by atoms with Crippen molar-refractivity contribution in [2.75, 3.05) is 38.5 Å². The number of pyridine rings is 1. The van der Waals surface area contributed by atoms with Gasteiger partial charge in [0, 0.05) is 55.7 Å². The quantitative estimate of drug-likeness (QED) is 0.256. The summed E-state index contributed by atoms with van der Waals surface area (Å²) in [5, 5.41) is 2.60. The molecule has 2 aromatic heterocycles. The minimum absolute atomic E-state index is 0.0518. The standard InChI is InChI=1S/C31H29F4N5O/c1-21-6-7-23(17-22(21)9-11-28-27(19-32)37-29-5-3-4-12-40(28)29)30(41)36-25-10-8-24(26(18-25)31(33,34)35)20-39-15-13-38(2)14-16-39/h3-8,10,12,17-18H,13-16,19-20H2,1-2H3,(H,36,41). The lowest BCUT2D eigenvalue weighted by molar-refractivity contribution is -0.138. The second-order valence-corrected chi connectivity index (χ2v) is 10.2. The van der Waals surface area contributed by atoms with Crippen molar-refractivity contribution >= 4 is 17.2 Å². The lowest BCUT2D eigenvalue weighted by Gasteiger charge is -2.33. The number of imidazole rings is 1. The van der Waals surface area contributed by atoms with Gasteiger partial charge in [-0.25, -0.2) is 9.37 Å². The first-order valence-electron chi connectivity index (χ1n) is 13.2. The summed E-state index contributed by atoms with van der Waals surface area (Å²) in [4.78, 5) is 21.5. The van der Waals surface area contributed by atoms with Crippen LogP contribution in [0, 0.1) is 18.8 Å². The Morgan fingerprint density at radius 2 is 1.80 bits per heavy atom. The minimum Gasteiger partial charge on any atom is -0.322 e. The molecule has 1 aliphatic rings. The zero-order valence-electron chi connectivity index (χ0n) is 22.7. The van der Waals surface area contributed by atoms with Crippen molar-refractivity contribution in [3.63, 3.8) is 0 Å². The molecule has 1 amide bonds. The second kappa shape index (κ2) is 11.7. The van der Waals surface area contributed by atoms with E-state index in [0.717, 1.165) is 24.7 Å². The van der Waals surface area contributed by atoms with Gasteiger partial charge in [-0.05, 0) is 67.4 Å². The molecule has 10 heteroatoms. The van der Waals surface area contributed by atoms with Gasteiger partial charge in [0.25, 0.3) is 5.91 Å². The molecule has 0 saturated carbocycles. The van der Waals surface area contributed by atoms with Gasteiger partial charge in [-0.3, -0.25) is 14.1 Å². The Bertz CT molecular complexity index is 1640. The van der Waals surface area contributed by atoms with Crippen LogP contribution in [-0.4, -0.2) is 58.3 Å². The Labute approximate surface area is 235 Å². The summed E-state index contributed by atoms with van der Waals surface area (Å²) in [6, 6.07) is 14.1. The Balaban J connectivity index is 1.37. The van der Waals surface area contributed by atoms with E-state index in [1.54, 1.807) is 47.0 Å². The first-order chi connectivity index (χ1) is 19.6. The van der Waals surface area contributed by atoms with Crippen LogP contribution in [0.25, 0.3) is 5.65 Å². The fourth-order valence-electron chi connectivity index (χ4n) is 4.80. The van der Waals surface area contributed by atoms with Crippen LogP contribution in [0.1, 0.15) is 44.0 Å². The normalized spacial score (nSPS) is 14.6. The number of benzene rings is 2. The van der Waals surface area contributed by atoms with Gasteiger partial charge in [-0.1, -0.05) is 24.1 Å². The van der Waals surface area contributed by atoms with E-state index in [1.807, 2.05) is 18.9 Å². The number of aryl methyl sites for hydroxylation is 1. The predicted molar refractivity (Wildman–Crippen MR) is 149 cm³/mol. The maximum Gasteiger partial charge on any atom is 0.416 e. The fourth-order valence-corrected chi connectivity index (χ4v) is 4.80. The van der Waals surface area contributed by atoms with Crippen molar-refractivity contribution in [1.29, 1.82) is 0 Å². The molecule has 4 aromatic rings. The summed E-state index contributed by atoms with van der Waals surface area (Å²) in [6.45, 7) is 4.22. The van der Waals surface area contributed by atoms with Crippen molar-refractivity contribution < 1.29 is 22.4 Å². The molecule has 6 nitrogen and oxygen atoms in total. The first-order valence-corrected chi connectivity index (χ1v) is 13.2. The van der Waals surface area contributed by atoms with Crippen molar-refractivity contribution in [2.24, 2.45) is 0 Å². The molecule has 0 aliphatic carbocycles. The highest BCUT2D eigenvalue weighted by atomic mass is 19.4. The number of nitrogens with one attached hydrogen (secondary N) is 1. The minimum atomic E-state index is -4.56. The third kappa shape index (κ3) is 6.42. The molecular formula is C31H29F4N5O. The Morgan fingerprint density at radius 1 is 1.02 bits per heavy atom. The van der Waals surface area contributed by atoms with Crippen LogP contribution in [0.5, 0.6) is 0 Å². The van der Waals surface area contributed by atoms with Crippen LogP contribution in [0.3, 0.4) is 0 Å². The summed E-state index contributed by atoms with van der Waals surface area (Å²) in [6.07, 6.45) is -2.82. The number of alkyl halides is 4. The second-order valence-electron chi connectivity index (χ2n) is 10.2. The van der Waals surface area contributed by atoms with Crippen LogP contribution in [0.4, 0.5) is 23.2 Å². The van der Waals surface area contributed by atoms with Crippen LogP contribution in [0.2, 0.25) is 0 Å². The summed E-state index contributed by atoms with van der Waals surface area (Å²) in [7, 11) is 1.99. The van der Waals surface area contributed by atoms with E-state index in [-0.39, 0.29) is 29.1 Å². The smallest absolute Gasteiger partial charge is 0.322 e. The van der Waals surface area contributed by atoms with E-state index in [2.05, 4.69) is 27.0 Å². The maximum atomic E-state index is 14.0. The average molecular weight is 564 g/mol. The highest BCUT2D eigenvalue weighted by Crippen LogP contribution is 2.34.